The molecular formula is C32H36N2O5. The quantitative estimate of drug-likeness (QED) is 0.350. The van der Waals surface area contributed by atoms with Crippen molar-refractivity contribution in [3.8, 4) is 0 Å². The molecule has 0 bridgehead atoms. The van der Waals surface area contributed by atoms with E-state index in [0.29, 0.717) is 18.4 Å². The Bertz CT molecular complexity index is 1460. The van der Waals surface area contributed by atoms with E-state index in [-0.39, 0.29) is 5.92 Å². The summed E-state index contributed by atoms with van der Waals surface area (Å²) in [4.78, 5) is 44.3. The van der Waals surface area contributed by atoms with Gasteiger partial charge in [0, 0.05) is 35.0 Å². The second-order valence-corrected chi connectivity index (χ2v) is 11.4. The third-order valence-corrected chi connectivity index (χ3v) is 9.00. The van der Waals surface area contributed by atoms with Crippen LogP contribution in [0.4, 0.5) is 0 Å². The van der Waals surface area contributed by atoms with Gasteiger partial charge in [-0.3, -0.25) is 14.4 Å². The van der Waals surface area contributed by atoms with Crippen molar-refractivity contribution < 1.29 is 24.6 Å². The number of aliphatic hydroxyl groups excluding tert-OH is 2. The van der Waals surface area contributed by atoms with Gasteiger partial charge in [-0.2, -0.15) is 0 Å². The van der Waals surface area contributed by atoms with Gasteiger partial charge in [0.05, 0.1) is 6.10 Å². The zero-order valence-corrected chi connectivity index (χ0v) is 22.8. The lowest BCUT2D eigenvalue weighted by Gasteiger charge is -2.45. The Kier molecular flexibility index (Phi) is 7.08. The minimum absolute atomic E-state index is 0.00187. The number of nitrogens with one attached hydrogen (secondary N) is 2. The minimum Gasteiger partial charge on any atom is -0.388 e. The highest BCUT2D eigenvalue weighted by molar-refractivity contribution is 6.15. The molecule has 1 amide bonds. The van der Waals surface area contributed by atoms with Crippen LogP contribution < -0.4 is 5.32 Å². The first-order valence-corrected chi connectivity index (χ1v) is 13.6. The van der Waals surface area contributed by atoms with Gasteiger partial charge in [0.25, 0.3) is 0 Å². The molecule has 7 heteroatoms. The Hall–Kier alpha value is -3.55. The van der Waals surface area contributed by atoms with Crippen molar-refractivity contribution in [2.45, 2.75) is 58.8 Å². The van der Waals surface area contributed by atoms with Crippen LogP contribution in [0.5, 0.6) is 0 Å². The topological polar surface area (TPSA) is 119 Å². The Morgan fingerprint density at radius 1 is 1.03 bits per heavy atom. The van der Waals surface area contributed by atoms with Crippen LogP contribution in [-0.4, -0.2) is 50.9 Å². The van der Waals surface area contributed by atoms with Crippen LogP contribution >= 0.6 is 0 Å². The van der Waals surface area contributed by atoms with Crippen molar-refractivity contribution in [3.63, 3.8) is 0 Å². The number of ketones is 2. The second-order valence-electron chi connectivity index (χ2n) is 11.4. The summed E-state index contributed by atoms with van der Waals surface area (Å²) in [5.41, 5.74) is 2.46. The summed E-state index contributed by atoms with van der Waals surface area (Å²) in [6, 6.07) is 7.55. The highest BCUT2D eigenvalue weighted by atomic mass is 16.3. The van der Waals surface area contributed by atoms with Crippen molar-refractivity contribution in [1.29, 1.82) is 0 Å². The monoisotopic (exact) mass is 528 g/mol. The van der Waals surface area contributed by atoms with E-state index in [4.69, 9.17) is 0 Å². The van der Waals surface area contributed by atoms with Crippen LogP contribution in [0.15, 0.2) is 77.6 Å². The number of amides is 1. The molecule has 1 aromatic heterocycles. The summed E-state index contributed by atoms with van der Waals surface area (Å²) in [5, 5.41) is 26.2. The molecule has 0 saturated carbocycles. The maximum atomic E-state index is 14.2. The molecule has 39 heavy (non-hydrogen) atoms. The Morgan fingerprint density at radius 3 is 2.54 bits per heavy atom. The van der Waals surface area contributed by atoms with E-state index in [0.717, 1.165) is 39.8 Å². The summed E-state index contributed by atoms with van der Waals surface area (Å²) in [5.74, 6) is -2.94. The average Bonchev–Trinajstić information content (AvgIpc) is 3.45. The van der Waals surface area contributed by atoms with Gasteiger partial charge in [-0.05, 0) is 74.5 Å². The van der Waals surface area contributed by atoms with Crippen LogP contribution in [0.1, 0.15) is 39.7 Å². The molecule has 0 radical (unpaired) electrons. The molecule has 1 saturated heterocycles. The fourth-order valence-electron chi connectivity index (χ4n) is 6.88. The lowest BCUT2D eigenvalue weighted by Crippen LogP contribution is -2.55. The van der Waals surface area contributed by atoms with Gasteiger partial charge in [-0.1, -0.05) is 48.9 Å². The van der Waals surface area contributed by atoms with Crippen molar-refractivity contribution >= 4 is 28.4 Å². The van der Waals surface area contributed by atoms with Gasteiger partial charge in [0.1, 0.15) is 11.5 Å². The fraction of sp³-hybridized carbons (Fsp3) is 0.406. The number of H-pyrrole nitrogens is 1. The molecule has 204 valence electrons. The molecule has 2 heterocycles. The van der Waals surface area contributed by atoms with Crippen molar-refractivity contribution in [3.05, 3.63) is 83.1 Å². The molecule has 4 N–H and O–H groups in total. The molecule has 1 aromatic carbocycles. The standard InChI is InChI=1S/C32H36N2O5/c1-17-8-7-10-23-30(38)20(4)19(3)28-25(15-21-16-33-24-11-6-5-9-22(21)24)34-31(39)32(23,28)27(36)13-12-26(35)29(37)18(2)14-17/h5-7,9-14,16-17,23,25,28-30,33,37-38H,8,15H2,1-4H3,(H,34,39)/b10-7+,13-12+,18-14+/t17-,23-,25-,28-,29+,30+,32-/m0/s1. The predicted octanol–water partition coefficient (Wildman–Crippen LogP) is 3.74. The zero-order valence-electron chi connectivity index (χ0n) is 22.8. The molecule has 7 nitrogen and oxygen atoms in total. The number of fused-ring (bicyclic) bond motifs is 1. The molecule has 7 atom stereocenters. The van der Waals surface area contributed by atoms with Gasteiger partial charge >= 0.3 is 0 Å². The Labute approximate surface area is 228 Å². The van der Waals surface area contributed by atoms with Crippen molar-refractivity contribution in [2.24, 2.45) is 23.2 Å². The number of hydrogen-bond donors (Lipinski definition) is 4. The van der Waals surface area contributed by atoms with E-state index in [1.807, 2.05) is 69.5 Å². The largest absolute Gasteiger partial charge is 0.388 e. The molecule has 1 spiro atoms. The minimum atomic E-state index is -1.63. The number of carbonyl (C=O) groups excluding carboxylic acids is 3. The summed E-state index contributed by atoms with van der Waals surface area (Å²) in [7, 11) is 0. The highest BCUT2D eigenvalue weighted by Crippen LogP contribution is 2.55. The lowest BCUT2D eigenvalue weighted by atomic mass is 9.55. The number of aliphatic hydroxyl groups is 2. The maximum Gasteiger partial charge on any atom is 0.235 e. The molecular weight excluding hydrogens is 492 g/mol. The normalized spacial score (nSPS) is 36.7. The van der Waals surface area contributed by atoms with E-state index in [1.54, 1.807) is 6.92 Å². The number of aromatic nitrogens is 1. The van der Waals surface area contributed by atoms with Crippen LogP contribution in [0.2, 0.25) is 0 Å². The Morgan fingerprint density at radius 2 is 1.77 bits per heavy atom. The van der Waals surface area contributed by atoms with Crippen molar-refractivity contribution in [2.75, 3.05) is 0 Å². The maximum absolute atomic E-state index is 14.2. The van der Waals surface area contributed by atoms with Crippen LogP contribution in [0.25, 0.3) is 10.9 Å². The number of carbonyl (C=O) groups is 3. The lowest BCUT2D eigenvalue weighted by molar-refractivity contribution is -0.144. The summed E-state index contributed by atoms with van der Waals surface area (Å²) in [6.07, 6.45) is 8.34. The number of aromatic amines is 1. The summed E-state index contributed by atoms with van der Waals surface area (Å²) in [6.45, 7) is 7.40. The van der Waals surface area contributed by atoms with E-state index in [9.17, 15) is 24.6 Å². The predicted molar refractivity (Wildman–Crippen MR) is 150 cm³/mol. The van der Waals surface area contributed by atoms with Gasteiger partial charge in [0.2, 0.25) is 5.91 Å². The van der Waals surface area contributed by atoms with Gasteiger partial charge in [-0.25, -0.2) is 0 Å². The molecule has 0 unspecified atom stereocenters. The zero-order chi connectivity index (χ0) is 28.1. The van der Waals surface area contributed by atoms with Crippen LogP contribution in [-0.2, 0) is 20.8 Å². The molecule has 2 aromatic rings. The number of hydrogen-bond acceptors (Lipinski definition) is 5. The number of rotatable bonds is 2. The molecule has 1 fully saturated rings. The Balaban J connectivity index is 1.65. The van der Waals surface area contributed by atoms with E-state index in [1.165, 1.54) is 0 Å². The van der Waals surface area contributed by atoms with Crippen LogP contribution in [0.3, 0.4) is 0 Å². The molecule has 3 aliphatic rings. The van der Waals surface area contributed by atoms with Gasteiger partial charge in [-0.15, -0.1) is 0 Å². The molecule has 5 rings (SSSR count). The molecule has 2 aliphatic carbocycles. The second kappa shape index (κ2) is 10.2. The van der Waals surface area contributed by atoms with E-state index >= 15 is 0 Å². The fourth-order valence-corrected chi connectivity index (χ4v) is 6.88. The van der Waals surface area contributed by atoms with E-state index in [2.05, 4.69) is 10.3 Å². The average molecular weight is 529 g/mol. The molecule has 1 aliphatic heterocycles. The smallest absolute Gasteiger partial charge is 0.235 e. The first-order valence-electron chi connectivity index (χ1n) is 13.6. The van der Waals surface area contributed by atoms with Gasteiger partial charge < -0.3 is 20.5 Å². The first kappa shape index (κ1) is 27.0. The number of para-hydroxylation sites is 1. The number of benzene rings is 1. The van der Waals surface area contributed by atoms with E-state index < -0.39 is 53.0 Å². The highest BCUT2D eigenvalue weighted by Gasteiger charge is 2.66. The van der Waals surface area contributed by atoms with Gasteiger partial charge in [0.15, 0.2) is 11.6 Å². The first-order chi connectivity index (χ1) is 18.6. The SMILES string of the molecule is CC1=C(C)[C@H]2[C@H](Cc3c[nH]c4ccccc34)NC(=O)[C@@]23C(=O)/C=C/C(=O)[C@H](O)/C(C)=C/[C@@H](C)C/C=C/[C@H]3[C@@H]1O. The number of allylic oxidation sites excluding steroid dienone is 3. The third-order valence-electron chi connectivity index (χ3n) is 9.00. The third kappa shape index (κ3) is 4.34. The summed E-state index contributed by atoms with van der Waals surface area (Å²) >= 11 is 0. The summed E-state index contributed by atoms with van der Waals surface area (Å²) < 4.78 is 0. The van der Waals surface area contributed by atoms with Crippen LogP contribution in [0, 0.1) is 23.2 Å². The van der Waals surface area contributed by atoms with Crippen molar-refractivity contribution in [1.82, 2.24) is 10.3 Å².